The lowest BCUT2D eigenvalue weighted by molar-refractivity contribution is -0.129. The molecule has 1 aromatic rings. The van der Waals surface area contributed by atoms with Crippen molar-refractivity contribution < 1.29 is 19.1 Å². The summed E-state index contributed by atoms with van der Waals surface area (Å²) in [6, 6.07) is 5.07. The molecule has 1 N–H and O–H groups in total. The van der Waals surface area contributed by atoms with Crippen molar-refractivity contribution in [3.63, 3.8) is 0 Å². The van der Waals surface area contributed by atoms with Crippen molar-refractivity contribution in [2.75, 3.05) is 12.4 Å². The Balaban J connectivity index is 2.92. The van der Waals surface area contributed by atoms with Crippen LogP contribution in [0, 0.1) is 0 Å². The first-order chi connectivity index (χ1) is 7.31. The van der Waals surface area contributed by atoms with Gasteiger partial charge < -0.3 is 14.8 Å². The molecular weight excluding hydrogens is 198 g/mol. The molecule has 0 fully saturated rings. The SMILES string of the molecule is COc1ccc(NC=O)c(COC=O)c1. The number of carbonyl (C=O) groups excluding carboxylic acids is 2. The molecule has 80 valence electrons. The lowest BCUT2D eigenvalue weighted by atomic mass is 10.2. The van der Waals surface area contributed by atoms with Gasteiger partial charge in [0.2, 0.25) is 6.41 Å². The predicted octanol–water partition coefficient (Wildman–Crippen LogP) is 0.936. The molecule has 0 heterocycles. The van der Waals surface area contributed by atoms with Crippen molar-refractivity contribution in [1.29, 1.82) is 0 Å². The molecule has 0 spiro atoms. The van der Waals surface area contributed by atoms with Gasteiger partial charge in [-0.1, -0.05) is 0 Å². The molecule has 5 nitrogen and oxygen atoms in total. The molecular formula is C10H11NO4. The third-order valence-corrected chi connectivity index (χ3v) is 1.83. The number of rotatable bonds is 6. The summed E-state index contributed by atoms with van der Waals surface area (Å²) in [4.78, 5) is 20.4. The Morgan fingerprint density at radius 1 is 1.40 bits per heavy atom. The third kappa shape index (κ3) is 2.98. The van der Waals surface area contributed by atoms with Gasteiger partial charge in [-0.15, -0.1) is 0 Å². The van der Waals surface area contributed by atoms with Crippen LogP contribution in [0.4, 0.5) is 5.69 Å². The maximum atomic E-state index is 10.3. The minimum atomic E-state index is 0.0941. The van der Waals surface area contributed by atoms with Gasteiger partial charge in [-0.05, 0) is 18.2 Å². The van der Waals surface area contributed by atoms with E-state index in [1.54, 1.807) is 18.2 Å². The van der Waals surface area contributed by atoms with Gasteiger partial charge in [0.25, 0.3) is 6.47 Å². The Hall–Kier alpha value is -2.04. The van der Waals surface area contributed by atoms with Gasteiger partial charge in [-0.2, -0.15) is 0 Å². The summed E-state index contributed by atoms with van der Waals surface area (Å²) in [5.41, 5.74) is 1.27. The number of nitrogens with one attached hydrogen (secondary N) is 1. The Labute approximate surface area is 87.0 Å². The summed E-state index contributed by atoms with van der Waals surface area (Å²) < 4.78 is 9.62. The monoisotopic (exact) mass is 209 g/mol. The van der Waals surface area contributed by atoms with E-state index >= 15 is 0 Å². The molecule has 1 rings (SSSR count). The van der Waals surface area contributed by atoms with E-state index in [4.69, 9.17) is 4.74 Å². The maximum Gasteiger partial charge on any atom is 0.293 e. The number of carbonyl (C=O) groups is 2. The normalized spacial score (nSPS) is 9.13. The van der Waals surface area contributed by atoms with E-state index in [1.807, 2.05) is 0 Å². The van der Waals surface area contributed by atoms with Crippen LogP contribution in [0.5, 0.6) is 5.75 Å². The maximum absolute atomic E-state index is 10.3. The zero-order chi connectivity index (χ0) is 11.1. The van der Waals surface area contributed by atoms with Gasteiger partial charge in [0.05, 0.1) is 7.11 Å². The van der Waals surface area contributed by atoms with E-state index in [1.165, 1.54) is 7.11 Å². The van der Waals surface area contributed by atoms with Crippen molar-refractivity contribution in [2.24, 2.45) is 0 Å². The lowest BCUT2D eigenvalue weighted by Crippen LogP contribution is -2.01. The highest BCUT2D eigenvalue weighted by atomic mass is 16.5. The summed E-state index contributed by atoms with van der Waals surface area (Å²) >= 11 is 0. The minimum absolute atomic E-state index is 0.0941. The largest absolute Gasteiger partial charge is 0.497 e. The quantitative estimate of drug-likeness (QED) is 0.708. The second kappa shape index (κ2) is 5.64. The summed E-state index contributed by atoms with van der Waals surface area (Å²) in [6.07, 6.45) is 0.562. The van der Waals surface area contributed by atoms with Gasteiger partial charge in [0, 0.05) is 11.3 Å². The van der Waals surface area contributed by atoms with E-state index in [-0.39, 0.29) is 6.61 Å². The molecule has 0 aliphatic rings. The average molecular weight is 209 g/mol. The van der Waals surface area contributed by atoms with Crippen LogP contribution in [0.1, 0.15) is 5.56 Å². The van der Waals surface area contributed by atoms with Crippen LogP contribution in [0.15, 0.2) is 18.2 Å². The van der Waals surface area contributed by atoms with Crippen LogP contribution in [-0.4, -0.2) is 20.0 Å². The Morgan fingerprint density at radius 2 is 2.20 bits per heavy atom. The van der Waals surface area contributed by atoms with Crippen LogP contribution in [-0.2, 0) is 20.9 Å². The fourth-order valence-corrected chi connectivity index (χ4v) is 1.14. The van der Waals surface area contributed by atoms with Crippen LogP contribution < -0.4 is 10.1 Å². The van der Waals surface area contributed by atoms with Crippen molar-refractivity contribution in [2.45, 2.75) is 6.61 Å². The van der Waals surface area contributed by atoms with Crippen LogP contribution in [0.2, 0.25) is 0 Å². The Kier molecular flexibility index (Phi) is 4.15. The van der Waals surface area contributed by atoms with Crippen molar-refractivity contribution in [3.05, 3.63) is 23.8 Å². The van der Waals surface area contributed by atoms with Crippen LogP contribution in [0.25, 0.3) is 0 Å². The first-order valence-corrected chi connectivity index (χ1v) is 4.24. The smallest absolute Gasteiger partial charge is 0.293 e. The second-order valence-electron chi connectivity index (χ2n) is 2.69. The zero-order valence-corrected chi connectivity index (χ0v) is 8.23. The first kappa shape index (κ1) is 11.0. The minimum Gasteiger partial charge on any atom is -0.497 e. The fourth-order valence-electron chi connectivity index (χ4n) is 1.14. The number of benzene rings is 1. The molecule has 0 aliphatic heterocycles. The number of methoxy groups -OCH3 is 1. The third-order valence-electron chi connectivity index (χ3n) is 1.83. The summed E-state index contributed by atoms with van der Waals surface area (Å²) in [5, 5.41) is 2.50. The molecule has 0 aliphatic carbocycles. The van der Waals surface area contributed by atoms with Gasteiger partial charge in [-0.25, -0.2) is 0 Å². The number of hydrogen-bond acceptors (Lipinski definition) is 4. The summed E-state index contributed by atoms with van der Waals surface area (Å²) in [7, 11) is 1.53. The molecule has 0 radical (unpaired) electrons. The highest BCUT2D eigenvalue weighted by Crippen LogP contribution is 2.22. The van der Waals surface area contributed by atoms with E-state index < -0.39 is 0 Å². The number of anilines is 1. The predicted molar refractivity (Wildman–Crippen MR) is 53.5 cm³/mol. The van der Waals surface area contributed by atoms with Crippen LogP contribution >= 0.6 is 0 Å². The van der Waals surface area contributed by atoms with Crippen molar-refractivity contribution in [1.82, 2.24) is 0 Å². The Bertz CT molecular complexity index is 351. The highest BCUT2D eigenvalue weighted by Gasteiger charge is 2.04. The molecule has 5 heteroatoms. The van der Waals surface area contributed by atoms with Gasteiger partial charge in [0.15, 0.2) is 0 Å². The first-order valence-electron chi connectivity index (χ1n) is 4.24. The van der Waals surface area contributed by atoms with Crippen LogP contribution in [0.3, 0.4) is 0 Å². The molecule has 15 heavy (non-hydrogen) atoms. The molecule has 1 aromatic carbocycles. The molecule has 0 saturated heterocycles. The summed E-state index contributed by atoms with van der Waals surface area (Å²) in [5.74, 6) is 0.635. The molecule has 0 saturated carbocycles. The average Bonchev–Trinajstić information content (AvgIpc) is 2.28. The second-order valence-corrected chi connectivity index (χ2v) is 2.69. The molecule has 1 amide bonds. The highest BCUT2D eigenvalue weighted by molar-refractivity contribution is 5.73. The Morgan fingerprint density at radius 3 is 2.80 bits per heavy atom. The van der Waals surface area contributed by atoms with Crippen molar-refractivity contribution >= 4 is 18.6 Å². The number of ether oxygens (including phenoxy) is 2. The van der Waals surface area contributed by atoms with Gasteiger partial charge in [0.1, 0.15) is 12.4 Å². The van der Waals surface area contributed by atoms with E-state index in [0.29, 0.717) is 29.9 Å². The van der Waals surface area contributed by atoms with Gasteiger partial charge in [-0.3, -0.25) is 9.59 Å². The lowest BCUT2D eigenvalue weighted by Gasteiger charge is -2.09. The molecule has 0 unspecified atom stereocenters. The van der Waals surface area contributed by atoms with E-state index in [2.05, 4.69) is 10.1 Å². The number of hydrogen-bond donors (Lipinski definition) is 1. The topological polar surface area (TPSA) is 64.6 Å². The van der Waals surface area contributed by atoms with E-state index in [9.17, 15) is 9.59 Å². The zero-order valence-electron chi connectivity index (χ0n) is 8.23. The molecule has 0 aromatic heterocycles. The molecule has 0 bridgehead atoms. The fraction of sp³-hybridized carbons (Fsp3) is 0.200. The summed E-state index contributed by atoms with van der Waals surface area (Å²) in [6.45, 7) is 0.445. The molecule has 0 atom stereocenters. The van der Waals surface area contributed by atoms with E-state index in [0.717, 1.165) is 0 Å². The van der Waals surface area contributed by atoms with Crippen molar-refractivity contribution in [3.8, 4) is 5.75 Å². The van der Waals surface area contributed by atoms with Gasteiger partial charge >= 0.3 is 0 Å². The number of amides is 1. The standard InChI is InChI=1S/C10H11NO4/c1-14-9-2-3-10(11-6-12)8(4-9)5-15-7-13/h2-4,6-7H,5H2,1H3,(H,11,12).